The number of hydrogen-bond donors (Lipinski definition) is 3. The fraction of sp³-hybridized carbons (Fsp3) is 0.318. The lowest BCUT2D eigenvalue weighted by Crippen LogP contribution is -2.40. The molecule has 2 aromatic rings. The minimum atomic E-state index is -1.04. The fourth-order valence-electron chi connectivity index (χ4n) is 2.64. The molecule has 1 aromatic carbocycles. The summed E-state index contributed by atoms with van der Waals surface area (Å²) in [5.74, 6) is 6.59. The number of ether oxygens (including phenoxy) is 2. The second-order valence-corrected chi connectivity index (χ2v) is 6.83. The van der Waals surface area contributed by atoms with E-state index in [4.69, 9.17) is 26.2 Å². The van der Waals surface area contributed by atoms with Crippen molar-refractivity contribution < 1.29 is 29.3 Å². The summed E-state index contributed by atoms with van der Waals surface area (Å²) >= 11 is 5.82. The molecular formula is C22H23ClN2O6. The number of halogens is 1. The van der Waals surface area contributed by atoms with E-state index in [1.54, 1.807) is 12.3 Å². The van der Waals surface area contributed by atoms with Gasteiger partial charge in [0.15, 0.2) is 5.60 Å². The molecule has 9 heteroatoms. The predicted octanol–water partition coefficient (Wildman–Crippen LogP) is 2.32. The number of nitrogens with one attached hydrogen (secondary N) is 1. The van der Waals surface area contributed by atoms with Gasteiger partial charge < -0.3 is 25.0 Å². The average molecular weight is 447 g/mol. The van der Waals surface area contributed by atoms with Crippen LogP contribution in [0.15, 0.2) is 42.7 Å². The Morgan fingerprint density at radius 3 is 2.55 bits per heavy atom. The smallest absolute Gasteiger partial charge is 0.322 e. The zero-order valence-electron chi connectivity index (χ0n) is 16.7. The lowest BCUT2D eigenvalue weighted by atomic mass is 9.94. The van der Waals surface area contributed by atoms with Crippen molar-refractivity contribution in [1.29, 1.82) is 0 Å². The summed E-state index contributed by atoms with van der Waals surface area (Å²) in [5.41, 5.74) is 1.09. The second-order valence-electron chi connectivity index (χ2n) is 6.56. The van der Waals surface area contributed by atoms with Gasteiger partial charge in [-0.25, -0.2) is 0 Å². The molecule has 1 fully saturated rings. The van der Waals surface area contributed by atoms with Crippen LogP contribution in [0.2, 0.25) is 0 Å². The number of aliphatic carboxylic acids is 1. The van der Waals surface area contributed by atoms with Crippen LogP contribution in [-0.4, -0.2) is 52.9 Å². The molecule has 1 aliphatic heterocycles. The SMILES string of the molecule is O=CNCC(=O)O.Oc1cncc(C#CC2(Oc3ccc(CCl)cc3)CCOCC2)c1. The van der Waals surface area contributed by atoms with Crippen molar-refractivity contribution in [3.8, 4) is 23.3 Å². The van der Waals surface area contributed by atoms with E-state index in [0.717, 1.165) is 11.3 Å². The molecule has 1 aromatic heterocycles. The number of pyridine rings is 1. The number of carboxylic acids is 1. The molecule has 0 aliphatic carbocycles. The van der Waals surface area contributed by atoms with Crippen molar-refractivity contribution in [1.82, 2.24) is 10.3 Å². The maximum Gasteiger partial charge on any atom is 0.322 e. The van der Waals surface area contributed by atoms with Crippen LogP contribution in [0.3, 0.4) is 0 Å². The number of carboxylic acid groups (broad SMARTS) is 1. The number of amides is 1. The molecule has 0 bridgehead atoms. The Balaban J connectivity index is 0.000000423. The van der Waals surface area contributed by atoms with Gasteiger partial charge >= 0.3 is 5.97 Å². The largest absolute Gasteiger partial charge is 0.506 e. The van der Waals surface area contributed by atoms with Gasteiger partial charge in [-0.2, -0.15) is 0 Å². The first-order valence-corrected chi connectivity index (χ1v) is 9.97. The minimum absolute atomic E-state index is 0.0976. The maximum absolute atomic E-state index is 9.54. The van der Waals surface area contributed by atoms with E-state index in [1.165, 1.54) is 6.20 Å². The standard InChI is InChI=1S/C19H18ClNO3.C3H5NO3/c20-12-15-1-3-18(4-2-15)24-19(7-9-23-10-8-19)6-5-16-11-17(22)14-21-13-16;5-2-4-1-3(6)7/h1-4,11,13-14,22H,7-10,12H2;2H,1H2,(H,4,5)(H,6,7). The summed E-state index contributed by atoms with van der Waals surface area (Å²) in [5, 5.41) is 19.3. The van der Waals surface area contributed by atoms with Crippen LogP contribution >= 0.6 is 11.6 Å². The lowest BCUT2D eigenvalue weighted by Gasteiger charge is -2.33. The van der Waals surface area contributed by atoms with Crippen LogP contribution in [0.5, 0.6) is 11.5 Å². The Morgan fingerprint density at radius 2 is 2.00 bits per heavy atom. The zero-order chi connectivity index (χ0) is 22.5. The summed E-state index contributed by atoms with van der Waals surface area (Å²) in [6.45, 7) is 0.906. The number of aromatic nitrogens is 1. The van der Waals surface area contributed by atoms with E-state index in [0.29, 0.717) is 43.9 Å². The highest BCUT2D eigenvalue weighted by Gasteiger charge is 2.33. The summed E-state index contributed by atoms with van der Waals surface area (Å²) in [6.07, 6.45) is 4.71. The number of benzene rings is 1. The van der Waals surface area contributed by atoms with Crippen molar-refractivity contribution in [3.05, 3.63) is 53.9 Å². The molecule has 0 unspecified atom stereocenters. The number of alkyl halides is 1. The summed E-state index contributed by atoms with van der Waals surface area (Å²) < 4.78 is 11.7. The van der Waals surface area contributed by atoms with E-state index in [1.807, 2.05) is 29.6 Å². The van der Waals surface area contributed by atoms with E-state index in [-0.39, 0.29) is 12.3 Å². The van der Waals surface area contributed by atoms with Crippen LogP contribution in [0, 0.1) is 11.8 Å². The number of nitrogens with zero attached hydrogens (tertiary/aromatic N) is 1. The fourth-order valence-corrected chi connectivity index (χ4v) is 2.82. The third-order valence-electron chi connectivity index (χ3n) is 4.19. The third kappa shape index (κ3) is 8.54. The van der Waals surface area contributed by atoms with E-state index >= 15 is 0 Å². The molecule has 1 saturated heterocycles. The van der Waals surface area contributed by atoms with Gasteiger partial charge in [0.1, 0.15) is 18.0 Å². The number of hydrogen-bond acceptors (Lipinski definition) is 6. The van der Waals surface area contributed by atoms with Crippen LogP contribution in [0.4, 0.5) is 0 Å². The number of aromatic hydroxyl groups is 1. The van der Waals surface area contributed by atoms with E-state index < -0.39 is 11.6 Å². The maximum atomic E-state index is 9.54. The summed E-state index contributed by atoms with van der Waals surface area (Å²) in [4.78, 5) is 22.8. The molecule has 8 nitrogen and oxygen atoms in total. The number of carbonyl (C=O) groups is 2. The van der Waals surface area contributed by atoms with Crippen LogP contribution in [0.1, 0.15) is 24.0 Å². The highest BCUT2D eigenvalue weighted by atomic mass is 35.5. The van der Waals surface area contributed by atoms with Crippen molar-refractivity contribution in [3.63, 3.8) is 0 Å². The molecule has 0 saturated carbocycles. The van der Waals surface area contributed by atoms with Gasteiger partial charge in [-0.1, -0.05) is 18.1 Å². The second kappa shape index (κ2) is 12.4. The van der Waals surface area contributed by atoms with Crippen molar-refractivity contribution >= 4 is 24.0 Å². The summed E-state index contributed by atoms with van der Waals surface area (Å²) in [7, 11) is 0. The molecule has 0 spiro atoms. The van der Waals surface area contributed by atoms with E-state index in [2.05, 4.69) is 16.8 Å². The number of rotatable bonds is 6. The van der Waals surface area contributed by atoms with Gasteiger partial charge in [0.2, 0.25) is 6.41 Å². The average Bonchev–Trinajstić information content (AvgIpc) is 2.78. The van der Waals surface area contributed by atoms with Crippen molar-refractivity contribution in [2.45, 2.75) is 24.3 Å². The summed E-state index contributed by atoms with van der Waals surface area (Å²) in [6, 6.07) is 9.30. The normalized spacial score (nSPS) is 14.1. The molecule has 1 amide bonds. The lowest BCUT2D eigenvalue weighted by molar-refractivity contribution is -0.136. The van der Waals surface area contributed by atoms with Gasteiger partial charge in [-0.3, -0.25) is 14.6 Å². The molecule has 0 atom stereocenters. The first kappa shape index (κ1) is 24.0. The molecule has 1 aliphatic rings. The number of carbonyl (C=O) groups excluding carboxylic acids is 1. The molecule has 3 rings (SSSR count). The van der Waals surface area contributed by atoms with Gasteiger partial charge in [0, 0.05) is 30.5 Å². The monoisotopic (exact) mass is 446 g/mol. The minimum Gasteiger partial charge on any atom is -0.506 e. The molecule has 2 heterocycles. The molecule has 3 N–H and O–H groups in total. The van der Waals surface area contributed by atoms with Gasteiger partial charge in [-0.15, -0.1) is 11.6 Å². The highest BCUT2D eigenvalue weighted by Crippen LogP contribution is 2.28. The Morgan fingerprint density at radius 1 is 1.29 bits per heavy atom. The first-order valence-electron chi connectivity index (χ1n) is 9.44. The molecule has 31 heavy (non-hydrogen) atoms. The highest BCUT2D eigenvalue weighted by molar-refractivity contribution is 6.17. The third-order valence-corrected chi connectivity index (χ3v) is 4.50. The Kier molecular flexibility index (Phi) is 9.62. The van der Waals surface area contributed by atoms with Crippen LogP contribution in [0.25, 0.3) is 0 Å². The Bertz CT molecular complexity index is 918. The van der Waals surface area contributed by atoms with Gasteiger partial charge in [0.05, 0.1) is 19.4 Å². The Labute approximate surface area is 185 Å². The molecule has 0 radical (unpaired) electrons. The van der Waals surface area contributed by atoms with Gasteiger partial charge in [0.25, 0.3) is 0 Å². The molecule has 164 valence electrons. The molecular weight excluding hydrogens is 424 g/mol. The van der Waals surface area contributed by atoms with Crippen LogP contribution < -0.4 is 10.1 Å². The van der Waals surface area contributed by atoms with Gasteiger partial charge in [-0.05, 0) is 29.7 Å². The van der Waals surface area contributed by atoms with Crippen molar-refractivity contribution in [2.24, 2.45) is 0 Å². The predicted molar refractivity (Wildman–Crippen MR) is 114 cm³/mol. The van der Waals surface area contributed by atoms with Crippen LogP contribution in [-0.2, 0) is 20.2 Å². The van der Waals surface area contributed by atoms with Crippen molar-refractivity contribution in [2.75, 3.05) is 19.8 Å². The quantitative estimate of drug-likeness (QED) is 0.354. The Hall–Kier alpha value is -3.28. The zero-order valence-corrected chi connectivity index (χ0v) is 17.5. The topological polar surface area (TPSA) is 118 Å². The van der Waals surface area contributed by atoms with E-state index in [9.17, 15) is 14.7 Å². The first-order chi connectivity index (χ1) is 15.0.